The van der Waals surface area contributed by atoms with Crippen LogP contribution in [0.4, 0.5) is 0 Å². The Hall–Kier alpha value is 0.180. The van der Waals surface area contributed by atoms with Gasteiger partial charge in [-0.2, -0.15) is 0 Å². The fourth-order valence-corrected chi connectivity index (χ4v) is 2.87. The fraction of sp³-hybridized carbons (Fsp3) is 0.846. The quantitative estimate of drug-likeness (QED) is 0.440. The third kappa shape index (κ3) is 6.36. The van der Waals surface area contributed by atoms with Gasteiger partial charge in [-0.15, -0.1) is 0 Å². The minimum Gasteiger partial charge on any atom is -0.393 e. The maximum Gasteiger partial charge on any atom is 0.0512 e. The summed E-state index contributed by atoms with van der Waals surface area (Å²) in [5.74, 6) is 0.811. The van der Waals surface area contributed by atoms with Gasteiger partial charge in [0, 0.05) is 4.83 Å². The van der Waals surface area contributed by atoms with Gasteiger partial charge in [-0.1, -0.05) is 34.5 Å². The van der Waals surface area contributed by atoms with Crippen LogP contribution < -0.4 is 0 Å². The van der Waals surface area contributed by atoms with Crippen molar-refractivity contribution in [2.45, 2.75) is 62.8 Å². The van der Waals surface area contributed by atoms with Crippen molar-refractivity contribution < 1.29 is 5.11 Å². The van der Waals surface area contributed by atoms with E-state index in [1.807, 2.05) is 6.92 Å². The first-order valence-electron chi connectivity index (χ1n) is 6.17. The highest BCUT2D eigenvalue weighted by atomic mass is 79.9. The lowest BCUT2D eigenvalue weighted by Gasteiger charge is -2.03. The average Bonchev–Trinajstić information content (AvgIpc) is 2.57. The van der Waals surface area contributed by atoms with Gasteiger partial charge in [-0.3, -0.25) is 0 Å². The Bertz CT molecular complexity index is 189. The van der Waals surface area contributed by atoms with Crippen molar-refractivity contribution in [2.75, 3.05) is 0 Å². The van der Waals surface area contributed by atoms with Crippen molar-refractivity contribution in [3.63, 3.8) is 0 Å². The van der Waals surface area contributed by atoms with Gasteiger partial charge in [-0.25, -0.2) is 0 Å². The fourth-order valence-electron chi connectivity index (χ4n) is 2.12. The molecular formula is C13H23BrO. The standard InChI is InChI=1S/C13H23BrO/c1-11(15)6-4-2-3-5-7-12-8-9-13(14)10-12/h5,7,11-13,15H,2-4,6,8-10H2,1H3/b7-5+/t11-,12+,13-/m1/s1. The van der Waals surface area contributed by atoms with Gasteiger partial charge in [-0.05, 0) is 51.4 Å². The molecule has 2 heteroatoms. The second-order valence-electron chi connectivity index (χ2n) is 4.73. The van der Waals surface area contributed by atoms with Crippen molar-refractivity contribution >= 4 is 15.9 Å². The molecule has 3 atom stereocenters. The van der Waals surface area contributed by atoms with Crippen molar-refractivity contribution in [1.29, 1.82) is 0 Å². The van der Waals surface area contributed by atoms with Crippen LogP contribution in [0, 0.1) is 5.92 Å². The van der Waals surface area contributed by atoms with Crippen LogP contribution in [0.3, 0.4) is 0 Å². The molecule has 1 aliphatic carbocycles. The van der Waals surface area contributed by atoms with E-state index in [1.165, 1.54) is 32.1 Å². The van der Waals surface area contributed by atoms with Gasteiger partial charge in [0.2, 0.25) is 0 Å². The SMILES string of the molecule is C[C@@H](O)CCCC/C=C/[C@H]1CC[C@@H](Br)C1. The molecule has 1 aliphatic rings. The molecule has 0 aromatic heterocycles. The summed E-state index contributed by atoms with van der Waals surface area (Å²) in [6.07, 6.45) is 13.1. The van der Waals surface area contributed by atoms with Crippen LogP contribution in [0.2, 0.25) is 0 Å². The van der Waals surface area contributed by atoms with Gasteiger partial charge in [0.15, 0.2) is 0 Å². The lowest BCUT2D eigenvalue weighted by atomic mass is 10.1. The number of unbranched alkanes of at least 4 members (excludes halogenated alkanes) is 2. The smallest absolute Gasteiger partial charge is 0.0512 e. The Morgan fingerprint density at radius 1 is 1.40 bits per heavy atom. The van der Waals surface area contributed by atoms with E-state index >= 15 is 0 Å². The maximum absolute atomic E-state index is 9.09. The molecule has 15 heavy (non-hydrogen) atoms. The van der Waals surface area contributed by atoms with E-state index in [4.69, 9.17) is 5.11 Å². The van der Waals surface area contributed by atoms with E-state index in [9.17, 15) is 0 Å². The van der Waals surface area contributed by atoms with Crippen LogP contribution >= 0.6 is 15.9 Å². The Balaban J connectivity index is 1.97. The largest absolute Gasteiger partial charge is 0.393 e. The minimum atomic E-state index is -0.127. The Morgan fingerprint density at radius 2 is 2.20 bits per heavy atom. The van der Waals surface area contributed by atoms with E-state index in [2.05, 4.69) is 28.1 Å². The Labute approximate surface area is 102 Å². The third-order valence-corrected chi connectivity index (χ3v) is 3.89. The summed E-state index contributed by atoms with van der Waals surface area (Å²) in [5.41, 5.74) is 0. The number of aliphatic hydroxyl groups excluding tert-OH is 1. The highest BCUT2D eigenvalue weighted by Gasteiger charge is 2.19. The van der Waals surface area contributed by atoms with E-state index in [1.54, 1.807) is 0 Å². The van der Waals surface area contributed by atoms with E-state index in [0.29, 0.717) is 0 Å². The molecule has 1 N–H and O–H groups in total. The van der Waals surface area contributed by atoms with Gasteiger partial charge in [0.1, 0.15) is 0 Å². The number of allylic oxidation sites excluding steroid dienone is 2. The second-order valence-corrected chi connectivity index (χ2v) is 6.03. The summed E-state index contributed by atoms with van der Waals surface area (Å²) in [7, 11) is 0. The van der Waals surface area contributed by atoms with Gasteiger partial charge in [0.25, 0.3) is 0 Å². The molecule has 0 saturated heterocycles. The third-order valence-electron chi connectivity index (χ3n) is 3.06. The van der Waals surface area contributed by atoms with Crippen LogP contribution in [0.25, 0.3) is 0 Å². The topological polar surface area (TPSA) is 20.2 Å². The first kappa shape index (κ1) is 13.2. The molecule has 0 aromatic carbocycles. The molecule has 1 rings (SSSR count). The molecule has 0 amide bonds. The molecule has 0 heterocycles. The molecule has 0 radical (unpaired) electrons. The maximum atomic E-state index is 9.09. The number of aliphatic hydroxyl groups is 1. The van der Waals surface area contributed by atoms with Gasteiger partial charge >= 0.3 is 0 Å². The zero-order valence-corrected chi connectivity index (χ0v) is 11.2. The first-order valence-corrected chi connectivity index (χ1v) is 7.09. The summed E-state index contributed by atoms with van der Waals surface area (Å²) in [6.45, 7) is 1.87. The molecule has 1 fully saturated rings. The molecule has 0 aliphatic heterocycles. The Kier molecular flexibility index (Phi) is 6.58. The van der Waals surface area contributed by atoms with E-state index in [0.717, 1.165) is 23.6 Å². The molecule has 1 saturated carbocycles. The zero-order valence-electron chi connectivity index (χ0n) is 9.66. The van der Waals surface area contributed by atoms with Crippen molar-refractivity contribution in [2.24, 2.45) is 5.92 Å². The van der Waals surface area contributed by atoms with Gasteiger partial charge in [0.05, 0.1) is 6.10 Å². The van der Waals surface area contributed by atoms with Crippen LogP contribution in [-0.4, -0.2) is 16.0 Å². The molecule has 0 aromatic rings. The predicted octanol–water partition coefficient (Wildman–Crippen LogP) is 4.05. The number of rotatable bonds is 6. The van der Waals surface area contributed by atoms with Gasteiger partial charge < -0.3 is 5.11 Å². The summed E-state index contributed by atoms with van der Waals surface area (Å²) in [4.78, 5) is 0.752. The zero-order chi connectivity index (χ0) is 11.1. The molecule has 1 nitrogen and oxygen atoms in total. The lowest BCUT2D eigenvalue weighted by Crippen LogP contribution is -1.97. The first-order chi connectivity index (χ1) is 7.18. The normalized spacial score (nSPS) is 28.7. The second kappa shape index (κ2) is 7.45. The highest BCUT2D eigenvalue weighted by molar-refractivity contribution is 9.09. The predicted molar refractivity (Wildman–Crippen MR) is 69.3 cm³/mol. The highest BCUT2D eigenvalue weighted by Crippen LogP contribution is 2.31. The molecule has 0 spiro atoms. The number of hydrogen-bond acceptors (Lipinski definition) is 1. The number of hydrogen-bond donors (Lipinski definition) is 1. The molecule has 0 unspecified atom stereocenters. The lowest BCUT2D eigenvalue weighted by molar-refractivity contribution is 0.181. The number of halogens is 1. The minimum absolute atomic E-state index is 0.127. The monoisotopic (exact) mass is 274 g/mol. The van der Waals surface area contributed by atoms with Crippen molar-refractivity contribution in [3.8, 4) is 0 Å². The summed E-state index contributed by atoms with van der Waals surface area (Å²) in [5, 5.41) is 9.09. The summed E-state index contributed by atoms with van der Waals surface area (Å²) >= 11 is 3.67. The average molecular weight is 275 g/mol. The van der Waals surface area contributed by atoms with Crippen molar-refractivity contribution in [1.82, 2.24) is 0 Å². The molecular weight excluding hydrogens is 252 g/mol. The van der Waals surface area contributed by atoms with Crippen LogP contribution in [0.5, 0.6) is 0 Å². The van der Waals surface area contributed by atoms with Crippen LogP contribution in [0.15, 0.2) is 12.2 Å². The summed E-state index contributed by atoms with van der Waals surface area (Å²) < 4.78 is 0. The molecule has 0 bridgehead atoms. The van der Waals surface area contributed by atoms with Crippen LogP contribution in [0.1, 0.15) is 51.9 Å². The van der Waals surface area contributed by atoms with Crippen molar-refractivity contribution in [3.05, 3.63) is 12.2 Å². The van der Waals surface area contributed by atoms with E-state index in [-0.39, 0.29) is 6.10 Å². The molecule has 88 valence electrons. The van der Waals surface area contributed by atoms with E-state index < -0.39 is 0 Å². The Morgan fingerprint density at radius 3 is 2.80 bits per heavy atom. The van der Waals surface area contributed by atoms with Crippen LogP contribution in [-0.2, 0) is 0 Å². The summed E-state index contributed by atoms with van der Waals surface area (Å²) in [6, 6.07) is 0. The number of alkyl halides is 1.